The molecule has 6 nitrogen and oxygen atoms in total. The van der Waals surface area contributed by atoms with Crippen molar-refractivity contribution in [1.29, 1.82) is 0 Å². The van der Waals surface area contributed by atoms with Gasteiger partial charge in [0.1, 0.15) is 17.4 Å². The standard InChI is InChI=1S/C22H22BrNO5S/c1-13(2)29-19-7-5-14(9-20(19)27-4)22(25)28-11-16-12-30-21(24-16)17-10-15(23)6-8-18(17)26-3/h5-10,12-13H,11H2,1-4H3. The van der Waals surface area contributed by atoms with Crippen molar-refractivity contribution in [2.75, 3.05) is 14.2 Å². The highest BCUT2D eigenvalue weighted by Crippen LogP contribution is 2.35. The summed E-state index contributed by atoms with van der Waals surface area (Å²) in [6.07, 6.45) is -0.000532. The van der Waals surface area contributed by atoms with Gasteiger partial charge >= 0.3 is 5.97 Å². The van der Waals surface area contributed by atoms with Gasteiger partial charge in [0, 0.05) is 9.85 Å². The molecule has 0 unspecified atom stereocenters. The fourth-order valence-corrected chi connectivity index (χ4v) is 3.90. The lowest BCUT2D eigenvalue weighted by Crippen LogP contribution is -2.09. The van der Waals surface area contributed by atoms with Crippen LogP contribution in [0.25, 0.3) is 10.6 Å². The van der Waals surface area contributed by atoms with Crippen LogP contribution in [0, 0.1) is 0 Å². The molecule has 0 atom stereocenters. The minimum Gasteiger partial charge on any atom is -0.496 e. The number of esters is 1. The van der Waals surface area contributed by atoms with Gasteiger partial charge in [0.25, 0.3) is 0 Å². The third-order valence-electron chi connectivity index (χ3n) is 4.06. The molecule has 3 rings (SSSR count). The first-order chi connectivity index (χ1) is 14.4. The number of ether oxygens (including phenoxy) is 4. The molecular weight excluding hydrogens is 470 g/mol. The van der Waals surface area contributed by atoms with Crippen LogP contribution in [0.3, 0.4) is 0 Å². The van der Waals surface area contributed by atoms with E-state index in [1.807, 2.05) is 37.4 Å². The highest BCUT2D eigenvalue weighted by atomic mass is 79.9. The number of benzene rings is 2. The number of aromatic nitrogens is 1. The summed E-state index contributed by atoms with van der Waals surface area (Å²) in [5, 5.41) is 2.65. The van der Waals surface area contributed by atoms with Gasteiger partial charge in [0.2, 0.25) is 0 Å². The molecule has 0 saturated heterocycles. The Kier molecular flexibility index (Phi) is 7.33. The molecule has 0 spiro atoms. The quantitative estimate of drug-likeness (QED) is 0.374. The lowest BCUT2D eigenvalue weighted by molar-refractivity contribution is 0.0468. The number of halogens is 1. The fraction of sp³-hybridized carbons (Fsp3) is 0.273. The van der Waals surface area contributed by atoms with E-state index < -0.39 is 5.97 Å². The Morgan fingerprint density at radius 1 is 1.07 bits per heavy atom. The average Bonchev–Trinajstić information content (AvgIpc) is 3.20. The number of nitrogens with zero attached hydrogens (tertiary/aromatic N) is 1. The molecule has 2 aromatic carbocycles. The van der Waals surface area contributed by atoms with Gasteiger partial charge in [-0.3, -0.25) is 0 Å². The smallest absolute Gasteiger partial charge is 0.338 e. The molecular formula is C22H22BrNO5S. The molecule has 0 aliphatic rings. The van der Waals surface area contributed by atoms with Gasteiger partial charge in [-0.1, -0.05) is 15.9 Å². The molecule has 1 heterocycles. The van der Waals surface area contributed by atoms with E-state index >= 15 is 0 Å². The van der Waals surface area contributed by atoms with Gasteiger partial charge in [-0.05, 0) is 50.2 Å². The second-order valence-corrected chi connectivity index (χ2v) is 8.37. The van der Waals surface area contributed by atoms with Crippen LogP contribution in [0.2, 0.25) is 0 Å². The lowest BCUT2D eigenvalue weighted by Gasteiger charge is -2.14. The molecule has 30 heavy (non-hydrogen) atoms. The van der Waals surface area contributed by atoms with Crippen LogP contribution in [0.4, 0.5) is 0 Å². The van der Waals surface area contributed by atoms with E-state index in [-0.39, 0.29) is 12.7 Å². The van der Waals surface area contributed by atoms with Crippen molar-refractivity contribution in [2.24, 2.45) is 0 Å². The maximum absolute atomic E-state index is 12.5. The maximum atomic E-state index is 12.5. The highest BCUT2D eigenvalue weighted by molar-refractivity contribution is 9.10. The summed E-state index contributed by atoms with van der Waals surface area (Å²) in [7, 11) is 3.15. The number of carbonyl (C=O) groups is 1. The van der Waals surface area contributed by atoms with E-state index in [2.05, 4.69) is 20.9 Å². The van der Waals surface area contributed by atoms with Gasteiger partial charge in [-0.25, -0.2) is 9.78 Å². The van der Waals surface area contributed by atoms with E-state index in [0.29, 0.717) is 22.8 Å². The van der Waals surface area contributed by atoms with E-state index in [1.54, 1.807) is 25.3 Å². The zero-order valence-electron chi connectivity index (χ0n) is 17.1. The number of carbonyl (C=O) groups excluding carboxylic acids is 1. The van der Waals surface area contributed by atoms with Gasteiger partial charge < -0.3 is 18.9 Å². The molecule has 0 radical (unpaired) electrons. The van der Waals surface area contributed by atoms with E-state index in [1.165, 1.54) is 18.4 Å². The van der Waals surface area contributed by atoms with Crippen LogP contribution in [-0.4, -0.2) is 31.3 Å². The number of methoxy groups -OCH3 is 2. The van der Waals surface area contributed by atoms with Crippen LogP contribution in [-0.2, 0) is 11.3 Å². The van der Waals surface area contributed by atoms with Gasteiger partial charge in [-0.15, -0.1) is 11.3 Å². The molecule has 8 heteroatoms. The van der Waals surface area contributed by atoms with Crippen molar-refractivity contribution in [3.05, 3.63) is 57.5 Å². The number of rotatable bonds is 8. The monoisotopic (exact) mass is 491 g/mol. The molecule has 0 bridgehead atoms. The minimum absolute atomic E-state index is 0.000532. The van der Waals surface area contributed by atoms with Gasteiger partial charge in [0.05, 0.1) is 37.1 Å². The van der Waals surface area contributed by atoms with Gasteiger partial charge in [0.15, 0.2) is 11.5 Å². The van der Waals surface area contributed by atoms with Crippen molar-refractivity contribution in [3.8, 4) is 27.8 Å². The summed E-state index contributed by atoms with van der Waals surface area (Å²) >= 11 is 4.93. The first-order valence-electron chi connectivity index (χ1n) is 9.21. The zero-order chi connectivity index (χ0) is 21.7. The van der Waals surface area contributed by atoms with E-state index in [9.17, 15) is 4.79 Å². The van der Waals surface area contributed by atoms with E-state index in [4.69, 9.17) is 18.9 Å². The Morgan fingerprint density at radius 2 is 1.80 bits per heavy atom. The molecule has 0 amide bonds. The molecule has 0 saturated carbocycles. The largest absolute Gasteiger partial charge is 0.496 e. The van der Waals surface area contributed by atoms with Gasteiger partial charge in [-0.2, -0.15) is 0 Å². The van der Waals surface area contributed by atoms with Crippen LogP contribution in [0.5, 0.6) is 17.2 Å². The summed E-state index contributed by atoms with van der Waals surface area (Å²) < 4.78 is 22.8. The summed E-state index contributed by atoms with van der Waals surface area (Å²) in [6, 6.07) is 10.7. The number of thiazole rings is 1. The molecule has 158 valence electrons. The van der Waals surface area contributed by atoms with E-state index in [0.717, 1.165) is 20.8 Å². The number of hydrogen-bond acceptors (Lipinski definition) is 7. The lowest BCUT2D eigenvalue weighted by atomic mass is 10.2. The van der Waals surface area contributed by atoms with Crippen molar-refractivity contribution in [1.82, 2.24) is 4.98 Å². The van der Waals surface area contributed by atoms with Crippen molar-refractivity contribution >= 4 is 33.2 Å². The maximum Gasteiger partial charge on any atom is 0.338 e. The number of hydrogen-bond donors (Lipinski definition) is 0. The summed E-state index contributed by atoms with van der Waals surface area (Å²) in [4.78, 5) is 17.0. The third-order valence-corrected chi connectivity index (χ3v) is 5.47. The topological polar surface area (TPSA) is 66.9 Å². The average molecular weight is 492 g/mol. The zero-order valence-corrected chi connectivity index (χ0v) is 19.5. The molecule has 3 aromatic rings. The van der Waals surface area contributed by atoms with Crippen LogP contribution in [0.1, 0.15) is 29.9 Å². The van der Waals surface area contributed by atoms with Crippen LogP contribution in [0.15, 0.2) is 46.3 Å². The first kappa shape index (κ1) is 22.1. The highest BCUT2D eigenvalue weighted by Gasteiger charge is 2.15. The SMILES string of the molecule is COc1cc(C(=O)OCc2csc(-c3cc(Br)ccc3OC)n2)ccc1OC(C)C. The third kappa shape index (κ3) is 5.31. The Hall–Kier alpha value is -2.58. The Morgan fingerprint density at radius 3 is 2.50 bits per heavy atom. The fourth-order valence-electron chi connectivity index (χ4n) is 2.71. The first-order valence-corrected chi connectivity index (χ1v) is 10.9. The Balaban J connectivity index is 1.70. The summed E-state index contributed by atoms with van der Waals surface area (Å²) in [5.74, 6) is 1.33. The minimum atomic E-state index is -0.459. The Bertz CT molecular complexity index is 1030. The normalized spacial score (nSPS) is 10.7. The van der Waals surface area contributed by atoms with Crippen molar-refractivity contribution in [2.45, 2.75) is 26.6 Å². The molecule has 0 N–H and O–H groups in total. The Labute approximate surface area is 187 Å². The molecule has 0 aliphatic carbocycles. The van der Waals surface area contributed by atoms with Crippen LogP contribution >= 0.6 is 27.3 Å². The molecule has 0 fully saturated rings. The summed E-state index contributed by atoms with van der Waals surface area (Å²) in [5.41, 5.74) is 1.92. The molecule has 1 aromatic heterocycles. The molecule has 0 aliphatic heterocycles. The second kappa shape index (κ2) is 9.95. The summed E-state index contributed by atoms with van der Waals surface area (Å²) in [6.45, 7) is 3.92. The van der Waals surface area contributed by atoms with Crippen LogP contribution < -0.4 is 14.2 Å². The van der Waals surface area contributed by atoms with Crippen molar-refractivity contribution in [3.63, 3.8) is 0 Å². The predicted octanol–water partition coefficient (Wildman–Crippen LogP) is 5.73. The predicted molar refractivity (Wildman–Crippen MR) is 120 cm³/mol. The second-order valence-electron chi connectivity index (χ2n) is 6.60. The van der Waals surface area contributed by atoms with Crippen molar-refractivity contribution < 1.29 is 23.7 Å².